The van der Waals surface area contributed by atoms with E-state index in [-0.39, 0.29) is 0 Å². The third-order valence-corrected chi connectivity index (χ3v) is 2.98. The number of rotatable bonds is 9. The molecule has 0 aliphatic rings. The zero-order valence-corrected chi connectivity index (χ0v) is 13.0. The molecule has 0 spiro atoms. The topological polar surface area (TPSA) is 47.3 Å². The minimum absolute atomic E-state index is 0.696. The van der Waals surface area contributed by atoms with Gasteiger partial charge >= 0.3 is 0 Å². The van der Waals surface area contributed by atoms with E-state index in [0.717, 1.165) is 12.8 Å². The molecular weight excluding hydrogens is 248 g/mol. The molecule has 0 radical (unpaired) electrons. The van der Waals surface area contributed by atoms with E-state index >= 15 is 0 Å². The number of nitrogens with one attached hydrogen (secondary N) is 1. The maximum atomic E-state index is 4.88. The summed E-state index contributed by atoms with van der Waals surface area (Å²) in [5, 5.41) is 3.07. The molecule has 114 valence electrons. The van der Waals surface area contributed by atoms with Gasteiger partial charge in [-0.05, 0) is 43.9 Å². The van der Waals surface area contributed by atoms with Crippen LogP contribution in [0.5, 0.6) is 0 Å². The second-order valence-corrected chi connectivity index (χ2v) is 4.84. The van der Waals surface area contributed by atoms with E-state index in [0.29, 0.717) is 6.61 Å². The summed E-state index contributed by atoms with van der Waals surface area (Å²) < 4.78 is 0. The van der Waals surface area contributed by atoms with Crippen molar-refractivity contribution < 1.29 is 4.84 Å². The van der Waals surface area contributed by atoms with Crippen LogP contribution in [-0.2, 0) is 4.84 Å². The molecular formula is C17H30N2O. The quantitative estimate of drug-likeness (QED) is 0.399. The number of hydrogen-bond acceptors (Lipinski definition) is 3. The minimum atomic E-state index is 0.696. The van der Waals surface area contributed by atoms with Crippen LogP contribution in [0, 0.1) is 6.92 Å². The van der Waals surface area contributed by atoms with Gasteiger partial charge in [0.1, 0.15) is 0 Å². The van der Waals surface area contributed by atoms with Crippen LogP contribution < -0.4 is 11.2 Å². The summed E-state index contributed by atoms with van der Waals surface area (Å²) in [4.78, 5) is 4.45. The SMILES string of the molecule is C=CCCCCCCCON.CNc1cccc(C)c1. The first-order valence-electron chi connectivity index (χ1n) is 7.41. The third kappa shape index (κ3) is 11.8. The summed E-state index contributed by atoms with van der Waals surface area (Å²) in [5.41, 5.74) is 2.47. The lowest BCUT2D eigenvalue weighted by molar-refractivity contribution is 0.133. The molecule has 0 heterocycles. The first kappa shape index (κ1) is 18.7. The molecule has 3 heteroatoms. The fourth-order valence-corrected chi connectivity index (χ4v) is 1.80. The van der Waals surface area contributed by atoms with Crippen LogP contribution in [0.1, 0.15) is 44.1 Å². The maximum Gasteiger partial charge on any atom is 0.0679 e. The van der Waals surface area contributed by atoms with Crippen molar-refractivity contribution in [1.29, 1.82) is 0 Å². The van der Waals surface area contributed by atoms with Crippen LogP contribution in [0.3, 0.4) is 0 Å². The Labute approximate surface area is 124 Å². The van der Waals surface area contributed by atoms with Gasteiger partial charge < -0.3 is 10.2 Å². The highest BCUT2D eigenvalue weighted by molar-refractivity contribution is 5.44. The van der Waals surface area contributed by atoms with Crippen LogP contribution in [0.25, 0.3) is 0 Å². The Morgan fingerprint density at radius 3 is 2.45 bits per heavy atom. The summed E-state index contributed by atoms with van der Waals surface area (Å²) in [6, 6.07) is 8.29. The summed E-state index contributed by atoms with van der Waals surface area (Å²) in [6.07, 6.45) is 9.30. The van der Waals surface area contributed by atoms with Crippen molar-refractivity contribution in [3.8, 4) is 0 Å². The molecule has 0 unspecified atom stereocenters. The van der Waals surface area contributed by atoms with E-state index < -0.39 is 0 Å². The molecule has 20 heavy (non-hydrogen) atoms. The summed E-state index contributed by atoms with van der Waals surface area (Å²) in [6.45, 7) is 6.45. The third-order valence-electron chi connectivity index (χ3n) is 2.98. The van der Waals surface area contributed by atoms with Crippen LogP contribution in [0.4, 0.5) is 5.69 Å². The molecule has 0 saturated heterocycles. The zero-order chi connectivity index (χ0) is 15.1. The molecule has 0 aromatic heterocycles. The van der Waals surface area contributed by atoms with Crippen molar-refractivity contribution in [1.82, 2.24) is 0 Å². The Morgan fingerprint density at radius 1 is 1.20 bits per heavy atom. The lowest BCUT2D eigenvalue weighted by atomic mass is 10.1. The summed E-state index contributed by atoms with van der Waals surface area (Å²) in [5.74, 6) is 4.88. The first-order valence-corrected chi connectivity index (χ1v) is 7.41. The number of nitrogens with two attached hydrogens (primary N) is 1. The molecule has 0 atom stereocenters. The fourth-order valence-electron chi connectivity index (χ4n) is 1.80. The molecule has 0 aliphatic heterocycles. The lowest BCUT2D eigenvalue weighted by Gasteiger charge is -1.98. The van der Waals surface area contributed by atoms with E-state index in [1.807, 2.05) is 25.3 Å². The van der Waals surface area contributed by atoms with E-state index in [1.54, 1.807) is 0 Å². The minimum Gasteiger partial charge on any atom is -0.388 e. The number of anilines is 1. The largest absolute Gasteiger partial charge is 0.388 e. The van der Waals surface area contributed by atoms with Crippen LogP contribution in [0.15, 0.2) is 36.9 Å². The first-order chi connectivity index (χ1) is 9.74. The predicted molar refractivity (Wildman–Crippen MR) is 88.8 cm³/mol. The van der Waals surface area contributed by atoms with Crippen LogP contribution in [0.2, 0.25) is 0 Å². The van der Waals surface area contributed by atoms with E-state index in [2.05, 4.69) is 35.8 Å². The number of hydrogen-bond donors (Lipinski definition) is 2. The number of benzene rings is 1. The van der Waals surface area contributed by atoms with Crippen molar-refractivity contribution in [2.24, 2.45) is 5.90 Å². The Hall–Kier alpha value is -1.32. The molecule has 3 N–H and O–H groups in total. The summed E-state index contributed by atoms with van der Waals surface area (Å²) in [7, 11) is 1.93. The Kier molecular flexibility index (Phi) is 13.2. The number of allylic oxidation sites excluding steroid dienone is 1. The molecule has 1 aromatic rings. The molecule has 3 nitrogen and oxygen atoms in total. The normalized spacial score (nSPS) is 9.55. The van der Waals surface area contributed by atoms with Crippen molar-refractivity contribution in [3.63, 3.8) is 0 Å². The highest BCUT2D eigenvalue weighted by Gasteiger charge is 1.88. The summed E-state index contributed by atoms with van der Waals surface area (Å²) >= 11 is 0. The number of aryl methyl sites for hydroxylation is 1. The van der Waals surface area contributed by atoms with E-state index in [4.69, 9.17) is 5.90 Å². The smallest absolute Gasteiger partial charge is 0.0679 e. The van der Waals surface area contributed by atoms with Gasteiger partial charge in [-0.2, -0.15) is 0 Å². The van der Waals surface area contributed by atoms with Crippen molar-refractivity contribution in [2.45, 2.75) is 45.4 Å². The predicted octanol–water partition coefficient (Wildman–Crippen LogP) is 4.44. The van der Waals surface area contributed by atoms with Gasteiger partial charge in [0.25, 0.3) is 0 Å². The Bertz CT molecular complexity index is 340. The Morgan fingerprint density at radius 2 is 1.90 bits per heavy atom. The highest BCUT2D eigenvalue weighted by Crippen LogP contribution is 2.07. The van der Waals surface area contributed by atoms with Crippen LogP contribution in [-0.4, -0.2) is 13.7 Å². The van der Waals surface area contributed by atoms with Gasteiger partial charge in [-0.25, -0.2) is 5.90 Å². The monoisotopic (exact) mass is 278 g/mol. The van der Waals surface area contributed by atoms with Gasteiger partial charge in [0.15, 0.2) is 0 Å². The van der Waals surface area contributed by atoms with E-state index in [9.17, 15) is 0 Å². The second-order valence-electron chi connectivity index (χ2n) is 4.84. The molecule has 0 saturated carbocycles. The lowest BCUT2D eigenvalue weighted by Crippen LogP contribution is -2.00. The van der Waals surface area contributed by atoms with Gasteiger partial charge in [0.2, 0.25) is 0 Å². The molecule has 0 amide bonds. The Balaban J connectivity index is 0.000000367. The van der Waals surface area contributed by atoms with Crippen LogP contribution >= 0.6 is 0 Å². The maximum absolute atomic E-state index is 4.88. The average molecular weight is 278 g/mol. The molecule has 1 aromatic carbocycles. The zero-order valence-electron chi connectivity index (χ0n) is 13.0. The number of unbranched alkanes of at least 4 members (excludes halogenated alkanes) is 5. The molecule has 1 rings (SSSR count). The fraction of sp³-hybridized carbons (Fsp3) is 0.529. The van der Waals surface area contributed by atoms with Gasteiger partial charge in [-0.3, -0.25) is 0 Å². The van der Waals surface area contributed by atoms with Gasteiger partial charge in [-0.15, -0.1) is 6.58 Å². The molecule has 0 fully saturated rings. The van der Waals surface area contributed by atoms with E-state index in [1.165, 1.54) is 36.9 Å². The molecule has 0 bridgehead atoms. The van der Waals surface area contributed by atoms with Gasteiger partial charge in [0.05, 0.1) is 6.61 Å². The standard InChI is InChI=1S/C9H19NO.C8H11N/c1-2-3-4-5-6-7-8-9-11-10;1-7-4-3-5-8(6-7)9-2/h2H,1,3-10H2;3-6,9H,1-2H3. The van der Waals surface area contributed by atoms with Crippen molar-refractivity contribution in [3.05, 3.63) is 42.5 Å². The van der Waals surface area contributed by atoms with Crippen molar-refractivity contribution in [2.75, 3.05) is 19.0 Å². The average Bonchev–Trinajstić information content (AvgIpc) is 2.47. The van der Waals surface area contributed by atoms with Gasteiger partial charge in [0, 0.05) is 12.7 Å². The molecule has 0 aliphatic carbocycles. The second kappa shape index (κ2) is 14.1. The van der Waals surface area contributed by atoms with Crippen molar-refractivity contribution >= 4 is 5.69 Å². The van der Waals surface area contributed by atoms with Gasteiger partial charge in [-0.1, -0.05) is 37.5 Å². The highest BCUT2D eigenvalue weighted by atomic mass is 16.6.